The third-order valence-corrected chi connectivity index (χ3v) is 8.71. The van der Waals surface area contributed by atoms with Crippen LogP contribution >= 0.6 is 0 Å². The third kappa shape index (κ3) is 10.0. The molecule has 0 amide bonds. The average Bonchev–Trinajstić information content (AvgIpc) is 3.19. The molecule has 2 aliphatic rings. The first-order valence-corrected chi connectivity index (χ1v) is 17.7. The summed E-state index contributed by atoms with van der Waals surface area (Å²) in [6, 6.07) is 34.9. The second-order valence-electron chi connectivity index (χ2n) is 12.6. The van der Waals surface area contributed by atoms with Crippen molar-refractivity contribution in [1.82, 2.24) is 0 Å². The molecule has 0 radical (unpaired) electrons. The van der Waals surface area contributed by atoms with Crippen molar-refractivity contribution in [2.24, 2.45) is 15.0 Å². The largest absolute Gasteiger partial charge is 0.457 e. The SMILES string of the molecule is C=NC(=NC(C=C(C)/C(=C\C=C/C)OC1=CCC(c2cccc(-c3ccc4c(c3)OC(=C)/C=C\C=C/4)c2)C=C1)=NCc1ccccc1)c1ccccc1. The summed E-state index contributed by atoms with van der Waals surface area (Å²) in [7, 11) is 0. The zero-order valence-electron chi connectivity index (χ0n) is 30.2. The van der Waals surface area contributed by atoms with Crippen LogP contribution < -0.4 is 4.74 Å². The second kappa shape index (κ2) is 18.1. The molecule has 0 saturated carbocycles. The van der Waals surface area contributed by atoms with Crippen LogP contribution in [0.1, 0.15) is 48.4 Å². The summed E-state index contributed by atoms with van der Waals surface area (Å²) in [5, 5.41) is 0. The lowest BCUT2D eigenvalue weighted by molar-refractivity contribution is 0.325. The van der Waals surface area contributed by atoms with Gasteiger partial charge in [0.25, 0.3) is 0 Å². The number of rotatable bonds is 10. The molecule has 5 heteroatoms. The lowest BCUT2D eigenvalue weighted by Crippen LogP contribution is -2.05. The summed E-state index contributed by atoms with van der Waals surface area (Å²) in [4.78, 5) is 14.0. The van der Waals surface area contributed by atoms with Crippen LogP contribution in [0.4, 0.5) is 0 Å². The van der Waals surface area contributed by atoms with Crippen molar-refractivity contribution in [1.29, 1.82) is 0 Å². The van der Waals surface area contributed by atoms with E-state index in [-0.39, 0.29) is 5.92 Å². The van der Waals surface area contributed by atoms with Gasteiger partial charge >= 0.3 is 0 Å². The summed E-state index contributed by atoms with van der Waals surface area (Å²) in [6.45, 7) is 12.2. The predicted molar refractivity (Wildman–Crippen MR) is 222 cm³/mol. The molecule has 0 bridgehead atoms. The first-order valence-electron chi connectivity index (χ1n) is 17.7. The fourth-order valence-electron chi connectivity index (χ4n) is 5.89. The zero-order chi connectivity index (χ0) is 36.8. The molecule has 1 heterocycles. The van der Waals surface area contributed by atoms with Crippen LogP contribution in [-0.4, -0.2) is 18.4 Å². The van der Waals surface area contributed by atoms with Gasteiger partial charge in [-0.25, -0.2) is 9.98 Å². The topological polar surface area (TPSA) is 55.5 Å². The fourth-order valence-corrected chi connectivity index (χ4v) is 5.89. The minimum Gasteiger partial charge on any atom is -0.457 e. The van der Waals surface area contributed by atoms with Gasteiger partial charge in [0.05, 0.1) is 6.54 Å². The van der Waals surface area contributed by atoms with Crippen LogP contribution in [0.2, 0.25) is 0 Å². The summed E-state index contributed by atoms with van der Waals surface area (Å²) in [5.41, 5.74) is 7.29. The molecule has 4 aromatic rings. The number of nitrogens with zero attached hydrogens (tertiary/aromatic N) is 3. The van der Waals surface area contributed by atoms with E-state index in [1.807, 2.05) is 111 Å². The maximum Gasteiger partial charge on any atom is 0.160 e. The smallest absolute Gasteiger partial charge is 0.160 e. The molecule has 0 saturated heterocycles. The Morgan fingerprint density at radius 2 is 1.66 bits per heavy atom. The van der Waals surface area contributed by atoms with Crippen LogP contribution in [0.25, 0.3) is 17.2 Å². The van der Waals surface area contributed by atoms with Crippen molar-refractivity contribution < 1.29 is 9.47 Å². The van der Waals surface area contributed by atoms with Crippen molar-refractivity contribution in [3.63, 3.8) is 0 Å². The molecule has 0 spiro atoms. The first-order chi connectivity index (χ1) is 26.0. The zero-order valence-corrected chi connectivity index (χ0v) is 30.2. The first kappa shape index (κ1) is 36.2. The van der Waals surface area contributed by atoms with Crippen LogP contribution in [0.15, 0.2) is 208 Å². The van der Waals surface area contributed by atoms with Crippen molar-refractivity contribution in [3.05, 3.63) is 216 Å². The van der Waals surface area contributed by atoms with Crippen LogP contribution in [-0.2, 0) is 11.3 Å². The Bertz CT molecular complexity index is 2230. The highest BCUT2D eigenvalue weighted by atomic mass is 16.5. The molecule has 1 unspecified atom stereocenters. The lowest BCUT2D eigenvalue weighted by atomic mass is 9.90. The van der Waals surface area contributed by atoms with Gasteiger partial charge in [0.2, 0.25) is 0 Å². The molecule has 0 N–H and O–H groups in total. The van der Waals surface area contributed by atoms with Crippen molar-refractivity contribution in [2.75, 3.05) is 0 Å². The minimum absolute atomic E-state index is 0.212. The van der Waals surface area contributed by atoms with Gasteiger partial charge in [-0.05, 0) is 91.3 Å². The molecule has 1 aliphatic heterocycles. The van der Waals surface area contributed by atoms with Gasteiger partial charge < -0.3 is 9.47 Å². The highest BCUT2D eigenvalue weighted by Gasteiger charge is 2.16. The minimum atomic E-state index is 0.212. The monoisotopic (exact) mass is 693 g/mol. The Kier molecular flexibility index (Phi) is 12.3. The Labute approximate surface area is 313 Å². The number of hydrogen-bond acceptors (Lipinski definition) is 3. The number of hydrogen-bond donors (Lipinski definition) is 0. The Morgan fingerprint density at radius 1 is 0.887 bits per heavy atom. The molecule has 0 fully saturated rings. The standard InChI is InChI=1S/C48H43N3O2/c1-5-6-24-45(35(2)31-47(50-34-37-17-9-7-10-18-37)51-48(49-4)40-20-11-8-12-21-40)53-44-29-27-38(28-30-44)41-22-15-23-42(32-41)43-26-25-39-19-14-13-16-36(3)52-46(39)33-43/h5-27,29-33,38H,3-4,28,34H2,1-2H3/b6-5-,16-13-,19-14-,35-31?,45-24+,50-47?,51-48?. The second-order valence-corrected chi connectivity index (χ2v) is 12.6. The number of ether oxygens (including phenoxy) is 2. The Hall–Kier alpha value is -6.59. The van der Waals surface area contributed by atoms with Crippen LogP contribution in [0.5, 0.6) is 5.75 Å². The molecule has 1 atom stereocenters. The number of allylic oxidation sites excluding steroid dienone is 10. The van der Waals surface area contributed by atoms with Crippen molar-refractivity contribution in [3.8, 4) is 16.9 Å². The summed E-state index contributed by atoms with van der Waals surface area (Å²) >= 11 is 0. The summed E-state index contributed by atoms with van der Waals surface area (Å²) in [5.74, 6) is 4.12. The van der Waals surface area contributed by atoms with Crippen LogP contribution in [0.3, 0.4) is 0 Å². The number of fused-ring (bicyclic) bond motifs is 1. The summed E-state index contributed by atoms with van der Waals surface area (Å²) < 4.78 is 12.6. The molecule has 6 rings (SSSR count). The van der Waals surface area contributed by atoms with Crippen molar-refractivity contribution >= 4 is 24.5 Å². The van der Waals surface area contributed by atoms with E-state index in [9.17, 15) is 0 Å². The van der Waals surface area contributed by atoms with E-state index in [0.29, 0.717) is 29.7 Å². The van der Waals surface area contributed by atoms with E-state index in [2.05, 4.69) is 91.1 Å². The van der Waals surface area contributed by atoms with E-state index >= 15 is 0 Å². The third-order valence-electron chi connectivity index (χ3n) is 8.71. The van der Waals surface area contributed by atoms with Gasteiger partial charge in [0.15, 0.2) is 11.7 Å². The van der Waals surface area contributed by atoms with Gasteiger partial charge in [0.1, 0.15) is 23.0 Å². The van der Waals surface area contributed by atoms with E-state index in [0.717, 1.165) is 51.3 Å². The Morgan fingerprint density at radius 3 is 2.42 bits per heavy atom. The van der Waals surface area contributed by atoms with Gasteiger partial charge in [-0.15, -0.1) is 0 Å². The molecule has 0 aromatic heterocycles. The maximum absolute atomic E-state index is 6.54. The Balaban J connectivity index is 1.21. The molecule has 4 aromatic carbocycles. The summed E-state index contributed by atoms with van der Waals surface area (Å²) in [6.07, 6.45) is 22.9. The molecular formula is C48H43N3O2. The van der Waals surface area contributed by atoms with E-state index in [1.165, 1.54) is 5.56 Å². The van der Waals surface area contributed by atoms with E-state index in [1.54, 1.807) is 0 Å². The van der Waals surface area contributed by atoms with E-state index < -0.39 is 0 Å². The highest BCUT2D eigenvalue weighted by molar-refractivity contribution is 6.11. The number of aliphatic imine (C=N–C) groups is 3. The van der Waals surface area contributed by atoms with Crippen molar-refractivity contribution in [2.45, 2.75) is 32.7 Å². The maximum atomic E-state index is 6.54. The highest BCUT2D eigenvalue weighted by Crippen LogP contribution is 2.34. The quantitative estimate of drug-likeness (QED) is 0.0718. The van der Waals surface area contributed by atoms with Gasteiger partial charge in [-0.2, -0.15) is 0 Å². The molecule has 262 valence electrons. The van der Waals surface area contributed by atoms with Gasteiger partial charge in [0, 0.05) is 17.0 Å². The molecular weight excluding hydrogens is 651 g/mol. The molecule has 1 aliphatic carbocycles. The average molecular weight is 694 g/mol. The van der Waals surface area contributed by atoms with Gasteiger partial charge in [-0.1, -0.05) is 140 Å². The van der Waals surface area contributed by atoms with Crippen LogP contribution in [0, 0.1) is 0 Å². The lowest BCUT2D eigenvalue weighted by Gasteiger charge is -2.19. The molecule has 5 nitrogen and oxygen atoms in total. The fraction of sp³-hybridized carbons (Fsp3) is 0.104. The van der Waals surface area contributed by atoms with Gasteiger partial charge in [-0.3, -0.25) is 4.99 Å². The molecule has 53 heavy (non-hydrogen) atoms. The normalized spacial score (nSPS) is 17.7. The number of amidine groups is 2. The predicted octanol–water partition coefficient (Wildman–Crippen LogP) is 11.9. The number of benzene rings is 4. The van der Waals surface area contributed by atoms with E-state index in [4.69, 9.17) is 19.5 Å².